The number of aromatic carboxylic acids is 1. The average Bonchev–Trinajstić information content (AvgIpc) is 2.35. The van der Waals surface area contributed by atoms with Crippen LogP contribution in [0.1, 0.15) is 28.4 Å². The van der Waals surface area contributed by atoms with Gasteiger partial charge in [-0.1, -0.05) is 0 Å². The Hall–Kier alpha value is -1.50. The van der Waals surface area contributed by atoms with Crippen molar-refractivity contribution < 1.29 is 24.5 Å². The molecule has 0 saturated carbocycles. The van der Waals surface area contributed by atoms with Gasteiger partial charge in [-0.3, -0.25) is 0 Å². The number of hydrogen-bond acceptors (Lipinski definition) is 4. The lowest BCUT2D eigenvalue weighted by Gasteiger charge is -2.18. The highest BCUT2D eigenvalue weighted by molar-refractivity contribution is 5.87. The van der Waals surface area contributed by atoms with Gasteiger partial charge in [-0.2, -0.15) is 0 Å². The number of halogens is 1. The maximum absolute atomic E-state index is 13.5. The van der Waals surface area contributed by atoms with E-state index in [1.165, 1.54) is 0 Å². The van der Waals surface area contributed by atoms with Crippen LogP contribution in [0.3, 0.4) is 0 Å². The predicted octanol–water partition coefficient (Wildman–Crippen LogP) is 0.528. The van der Waals surface area contributed by atoms with Crippen LogP contribution >= 0.6 is 0 Å². The van der Waals surface area contributed by atoms with Gasteiger partial charge < -0.3 is 20.6 Å². The van der Waals surface area contributed by atoms with Crippen molar-refractivity contribution in [1.29, 1.82) is 0 Å². The fourth-order valence-corrected chi connectivity index (χ4v) is 1.56. The number of benzene rings is 1. The molecular weight excluding hydrogens is 241 g/mol. The molecular formula is C12H16FNO4. The normalized spacial score (nSPS) is 14.2. The summed E-state index contributed by atoms with van der Waals surface area (Å²) in [7, 11) is 1.69. The Morgan fingerprint density at radius 2 is 2.11 bits per heavy atom. The first-order valence-electron chi connectivity index (χ1n) is 5.50. The molecule has 1 rings (SSSR count). The number of rotatable bonds is 6. The second-order valence-electron chi connectivity index (χ2n) is 3.95. The van der Waals surface area contributed by atoms with E-state index in [1.54, 1.807) is 7.05 Å². The highest BCUT2D eigenvalue weighted by Gasteiger charge is 2.22. The Balaban J connectivity index is 2.93. The number of aliphatic hydroxyl groups excluding tert-OH is 2. The van der Waals surface area contributed by atoms with Gasteiger partial charge in [-0.25, -0.2) is 9.18 Å². The van der Waals surface area contributed by atoms with Gasteiger partial charge in [-0.15, -0.1) is 0 Å². The topological polar surface area (TPSA) is 89.8 Å². The molecule has 6 heteroatoms. The summed E-state index contributed by atoms with van der Waals surface area (Å²) in [5.41, 5.74) is -0.343. The Bertz CT molecular complexity index is 425. The molecule has 100 valence electrons. The molecule has 0 heterocycles. The van der Waals surface area contributed by atoms with Crippen LogP contribution in [0.15, 0.2) is 18.2 Å². The summed E-state index contributed by atoms with van der Waals surface area (Å²) < 4.78 is 13.5. The maximum Gasteiger partial charge on any atom is 0.335 e. The van der Waals surface area contributed by atoms with Gasteiger partial charge in [0.25, 0.3) is 0 Å². The molecule has 18 heavy (non-hydrogen) atoms. The monoisotopic (exact) mass is 257 g/mol. The number of carboxylic acid groups (broad SMARTS) is 1. The first-order valence-corrected chi connectivity index (χ1v) is 5.50. The fraction of sp³-hybridized carbons (Fsp3) is 0.417. The van der Waals surface area contributed by atoms with Gasteiger partial charge in [0.15, 0.2) is 0 Å². The highest BCUT2D eigenvalue weighted by atomic mass is 19.1. The smallest absolute Gasteiger partial charge is 0.335 e. The molecule has 0 fully saturated rings. The lowest BCUT2D eigenvalue weighted by molar-refractivity contribution is 0.0119. The van der Waals surface area contributed by atoms with Crippen molar-refractivity contribution in [3.05, 3.63) is 35.1 Å². The van der Waals surface area contributed by atoms with Crippen LogP contribution in [0, 0.1) is 5.82 Å². The zero-order chi connectivity index (χ0) is 13.7. The van der Waals surface area contributed by atoms with Crippen molar-refractivity contribution in [1.82, 2.24) is 5.32 Å². The predicted molar refractivity (Wildman–Crippen MR) is 62.9 cm³/mol. The van der Waals surface area contributed by atoms with Crippen molar-refractivity contribution in [2.75, 3.05) is 13.6 Å². The zero-order valence-corrected chi connectivity index (χ0v) is 9.93. The van der Waals surface area contributed by atoms with Crippen LogP contribution in [0.2, 0.25) is 0 Å². The highest BCUT2D eigenvalue weighted by Crippen LogP contribution is 2.23. The molecule has 2 unspecified atom stereocenters. The lowest BCUT2D eigenvalue weighted by Crippen LogP contribution is -2.24. The molecule has 0 bridgehead atoms. The summed E-state index contributed by atoms with van der Waals surface area (Å²) in [4.78, 5) is 10.8. The third-order valence-electron chi connectivity index (χ3n) is 2.62. The van der Waals surface area contributed by atoms with Gasteiger partial charge in [0.2, 0.25) is 0 Å². The molecule has 2 atom stereocenters. The first-order chi connectivity index (χ1) is 8.47. The minimum absolute atomic E-state index is 0.133. The summed E-state index contributed by atoms with van der Waals surface area (Å²) >= 11 is 0. The molecule has 0 radical (unpaired) electrons. The van der Waals surface area contributed by atoms with Crippen molar-refractivity contribution in [2.45, 2.75) is 18.6 Å². The largest absolute Gasteiger partial charge is 0.478 e. The first kappa shape index (κ1) is 14.6. The Morgan fingerprint density at radius 1 is 1.44 bits per heavy atom. The summed E-state index contributed by atoms with van der Waals surface area (Å²) in [6.45, 7) is 0.457. The van der Waals surface area contributed by atoms with Gasteiger partial charge in [-0.05, 0) is 38.2 Å². The minimum Gasteiger partial charge on any atom is -0.478 e. The molecule has 0 aliphatic heterocycles. The van der Waals surface area contributed by atoms with E-state index in [2.05, 4.69) is 5.32 Å². The molecule has 0 spiro atoms. The molecule has 1 aromatic rings. The Kier molecular flexibility index (Phi) is 5.21. The summed E-state index contributed by atoms with van der Waals surface area (Å²) in [5, 5.41) is 31.0. The van der Waals surface area contributed by atoms with Crippen LogP contribution in [0.5, 0.6) is 0 Å². The Morgan fingerprint density at radius 3 is 2.67 bits per heavy atom. The molecule has 0 aliphatic rings. The van der Waals surface area contributed by atoms with Gasteiger partial charge in [0, 0.05) is 5.56 Å². The maximum atomic E-state index is 13.5. The van der Waals surface area contributed by atoms with Gasteiger partial charge >= 0.3 is 5.97 Å². The summed E-state index contributed by atoms with van der Waals surface area (Å²) in [6.07, 6.45) is -2.37. The molecule has 0 saturated heterocycles. The van der Waals surface area contributed by atoms with Crippen LogP contribution in [-0.4, -0.2) is 41.0 Å². The number of hydrogen-bond donors (Lipinski definition) is 4. The van der Waals surface area contributed by atoms with E-state index in [-0.39, 0.29) is 17.5 Å². The molecule has 0 aliphatic carbocycles. The number of carboxylic acids is 1. The molecule has 1 aromatic carbocycles. The second kappa shape index (κ2) is 6.44. The average molecular weight is 257 g/mol. The molecule has 0 amide bonds. The van der Waals surface area contributed by atoms with Crippen molar-refractivity contribution >= 4 is 5.97 Å². The summed E-state index contributed by atoms with van der Waals surface area (Å²) in [5.74, 6) is -1.95. The van der Waals surface area contributed by atoms with E-state index in [4.69, 9.17) is 5.11 Å². The van der Waals surface area contributed by atoms with Crippen LogP contribution in [-0.2, 0) is 0 Å². The SMILES string of the molecule is CNCCC(O)C(O)c1cc(C(=O)O)ccc1F. The quantitative estimate of drug-likeness (QED) is 0.597. The third kappa shape index (κ3) is 3.49. The van der Waals surface area contributed by atoms with E-state index < -0.39 is 24.0 Å². The second-order valence-corrected chi connectivity index (χ2v) is 3.95. The fourth-order valence-electron chi connectivity index (χ4n) is 1.56. The van der Waals surface area contributed by atoms with E-state index >= 15 is 0 Å². The summed E-state index contributed by atoms with van der Waals surface area (Å²) in [6, 6.07) is 3.10. The number of carbonyl (C=O) groups is 1. The van der Waals surface area contributed by atoms with Crippen molar-refractivity contribution in [2.24, 2.45) is 0 Å². The van der Waals surface area contributed by atoms with Crippen molar-refractivity contribution in [3.8, 4) is 0 Å². The van der Waals surface area contributed by atoms with Gasteiger partial charge in [0.1, 0.15) is 11.9 Å². The lowest BCUT2D eigenvalue weighted by atomic mass is 9.99. The standard InChI is InChI=1S/C12H16FNO4/c1-14-5-4-10(15)11(16)8-6-7(12(17)18)2-3-9(8)13/h2-3,6,10-11,14-16H,4-5H2,1H3,(H,17,18). The molecule has 5 nitrogen and oxygen atoms in total. The van der Waals surface area contributed by atoms with Gasteiger partial charge in [0.05, 0.1) is 11.7 Å². The molecule has 4 N–H and O–H groups in total. The van der Waals surface area contributed by atoms with E-state index in [0.29, 0.717) is 6.54 Å². The Labute approximate surface area is 104 Å². The van der Waals surface area contributed by atoms with Crippen LogP contribution < -0.4 is 5.32 Å². The van der Waals surface area contributed by atoms with Crippen LogP contribution in [0.25, 0.3) is 0 Å². The van der Waals surface area contributed by atoms with E-state index in [0.717, 1.165) is 18.2 Å². The van der Waals surface area contributed by atoms with Crippen LogP contribution in [0.4, 0.5) is 4.39 Å². The van der Waals surface area contributed by atoms with E-state index in [9.17, 15) is 19.4 Å². The minimum atomic E-state index is -1.45. The zero-order valence-electron chi connectivity index (χ0n) is 9.93. The number of aliphatic hydroxyl groups is 2. The number of nitrogens with one attached hydrogen (secondary N) is 1. The van der Waals surface area contributed by atoms with Crippen molar-refractivity contribution in [3.63, 3.8) is 0 Å². The molecule has 0 aromatic heterocycles. The third-order valence-corrected chi connectivity index (χ3v) is 2.62. The van der Waals surface area contributed by atoms with E-state index in [1.807, 2.05) is 0 Å².